The van der Waals surface area contributed by atoms with Crippen LogP contribution in [0, 0.1) is 0 Å². The number of hydrogen-bond donors (Lipinski definition) is 0. The first kappa shape index (κ1) is 35.7. The summed E-state index contributed by atoms with van der Waals surface area (Å²) in [7, 11) is 0. The molecular formula is C61H41BN2. The molecule has 2 nitrogen and oxygen atoms in total. The smallest absolute Gasteiger partial charge is 0.252 e. The highest BCUT2D eigenvalue weighted by atomic mass is 15.2. The molecule has 3 heteroatoms. The third-order valence-corrected chi connectivity index (χ3v) is 14.7. The van der Waals surface area contributed by atoms with Gasteiger partial charge in [-0.25, -0.2) is 0 Å². The van der Waals surface area contributed by atoms with E-state index in [-0.39, 0.29) is 12.1 Å². The van der Waals surface area contributed by atoms with Crippen molar-refractivity contribution < 1.29 is 0 Å². The van der Waals surface area contributed by atoms with Gasteiger partial charge < -0.3 is 9.80 Å². The third-order valence-electron chi connectivity index (χ3n) is 14.7. The largest absolute Gasteiger partial charge is 0.311 e. The summed E-state index contributed by atoms with van der Waals surface area (Å²) in [5, 5.41) is 10.0. The first-order chi connectivity index (χ1) is 31.5. The van der Waals surface area contributed by atoms with E-state index in [0.717, 1.165) is 11.4 Å². The van der Waals surface area contributed by atoms with E-state index >= 15 is 0 Å². The fourth-order valence-electron chi connectivity index (χ4n) is 11.7. The minimum Gasteiger partial charge on any atom is -0.311 e. The second-order valence-corrected chi connectivity index (χ2v) is 18.5. The Morgan fingerprint density at radius 2 is 0.766 bits per heavy atom. The summed E-state index contributed by atoms with van der Waals surface area (Å²) in [4.78, 5) is 5.12. The van der Waals surface area contributed by atoms with E-state index in [4.69, 9.17) is 0 Å². The van der Waals surface area contributed by atoms with Crippen molar-refractivity contribution in [3.63, 3.8) is 0 Å². The van der Waals surface area contributed by atoms with Crippen molar-refractivity contribution in [2.24, 2.45) is 0 Å². The quantitative estimate of drug-likeness (QED) is 0.130. The molecule has 1 aliphatic carbocycles. The van der Waals surface area contributed by atoms with Crippen molar-refractivity contribution in [2.45, 2.75) is 19.3 Å². The average Bonchev–Trinajstić information content (AvgIpc) is 3.57. The van der Waals surface area contributed by atoms with Gasteiger partial charge in [-0.1, -0.05) is 153 Å². The van der Waals surface area contributed by atoms with Gasteiger partial charge in [-0.2, -0.15) is 0 Å². The van der Waals surface area contributed by atoms with Crippen molar-refractivity contribution in [3.05, 3.63) is 223 Å². The number of para-hydroxylation sites is 2. The zero-order chi connectivity index (χ0) is 42.3. The van der Waals surface area contributed by atoms with E-state index < -0.39 is 0 Å². The highest BCUT2D eigenvalue weighted by molar-refractivity contribution is 7.00. The number of rotatable bonds is 3. The monoisotopic (exact) mass is 812 g/mol. The summed E-state index contributed by atoms with van der Waals surface area (Å²) >= 11 is 0. The topological polar surface area (TPSA) is 6.48 Å². The van der Waals surface area contributed by atoms with Crippen LogP contribution in [0.1, 0.15) is 25.0 Å². The summed E-state index contributed by atoms with van der Waals surface area (Å²) in [5.74, 6) is 0. The van der Waals surface area contributed by atoms with E-state index in [9.17, 15) is 0 Å². The molecule has 0 saturated heterocycles. The van der Waals surface area contributed by atoms with Crippen molar-refractivity contribution in [2.75, 3.05) is 9.80 Å². The second kappa shape index (κ2) is 13.1. The first-order valence-corrected chi connectivity index (χ1v) is 22.5. The zero-order valence-corrected chi connectivity index (χ0v) is 35.7. The van der Waals surface area contributed by atoms with Crippen LogP contribution in [0.25, 0.3) is 65.3 Å². The first-order valence-electron chi connectivity index (χ1n) is 22.5. The fourth-order valence-corrected chi connectivity index (χ4v) is 11.7. The van der Waals surface area contributed by atoms with E-state index in [0.29, 0.717) is 0 Å². The van der Waals surface area contributed by atoms with Crippen molar-refractivity contribution >= 4 is 100 Å². The van der Waals surface area contributed by atoms with Crippen LogP contribution >= 0.6 is 0 Å². The molecule has 14 rings (SSSR count). The molecule has 0 atom stereocenters. The number of fused-ring (bicyclic) bond motifs is 11. The maximum absolute atomic E-state index is 2.56. The number of anilines is 6. The van der Waals surface area contributed by atoms with Crippen LogP contribution in [0.5, 0.6) is 0 Å². The Hall–Kier alpha value is -7.88. The standard InChI is InChI=1S/C61H41BN2/c1-61(2)51-26-14-13-24-50(51)59-49(25-15-27-52(59)61)46-36-57-60-58(37-46)64(48-22-7-4-8-23-48)56-35-45-31-41-19-12-10-17-39(41)29-43(45)33-54(56)62(60)53-32-42-28-38-16-9-11-18-40(38)30-44(42)34-55(53)63(57)47-20-5-3-6-21-47/h3-37H,1-2H3. The van der Waals surface area contributed by atoms with Gasteiger partial charge in [0, 0.05) is 39.5 Å². The van der Waals surface area contributed by atoms with Crippen molar-refractivity contribution in [1.82, 2.24) is 0 Å². The van der Waals surface area contributed by atoms with E-state index in [1.54, 1.807) is 0 Å². The van der Waals surface area contributed by atoms with Gasteiger partial charge in [0.1, 0.15) is 0 Å². The van der Waals surface area contributed by atoms with Gasteiger partial charge in [-0.3, -0.25) is 0 Å². The van der Waals surface area contributed by atoms with Gasteiger partial charge in [0.25, 0.3) is 6.71 Å². The molecule has 298 valence electrons. The van der Waals surface area contributed by atoms with Gasteiger partial charge in [0.05, 0.1) is 0 Å². The van der Waals surface area contributed by atoms with Crippen molar-refractivity contribution in [1.29, 1.82) is 0 Å². The van der Waals surface area contributed by atoms with Gasteiger partial charge in [0.2, 0.25) is 0 Å². The summed E-state index contributed by atoms with van der Waals surface area (Å²) < 4.78 is 0. The molecule has 0 spiro atoms. The molecule has 0 radical (unpaired) electrons. The molecule has 2 heterocycles. The molecule has 0 bridgehead atoms. The Morgan fingerprint density at radius 3 is 1.28 bits per heavy atom. The maximum atomic E-state index is 2.56. The highest BCUT2D eigenvalue weighted by Gasteiger charge is 2.45. The van der Waals surface area contributed by atoms with Crippen LogP contribution < -0.4 is 26.2 Å². The Labute approximate surface area is 373 Å². The molecule has 0 aromatic heterocycles. The predicted molar refractivity (Wildman–Crippen MR) is 273 cm³/mol. The normalized spacial score (nSPS) is 14.1. The summed E-state index contributed by atoms with van der Waals surface area (Å²) in [6.45, 7) is 4.73. The van der Waals surface area contributed by atoms with Crippen LogP contribution in [0.2, 0.25) is 0 Å². The molecule has 11 aromatic rings. The Morgan fingerprint density at radius 1 is 0.344 bits per heavy atom. The molecular weight excluding hydrogens is 771 g/mol. The summed E-state index contributed by atoms with van der Waals surface area (Å²) in [6, 6.07) is 80.1. The lowest BCUT2D eigenvalue weighted by Crippen LogP contribution is -2.61. The van der Waals surface area contributed by atoms with Crippen LogP contribution in [0.3, 0.4) is 0 Å². The molecule has 64 heavy (non-hydrogen) atoms. The Kier molecular flexibility index (Phi) is 7.29. The number of hydrogen-bond acceptors (Lipinski definition) is 2. The number of benzene rings is 11. The minimum atomic E-state index is -0.115. The zero-order valence-electron chi connectivity index (χ0n) is 35.7. The lowest BCUT2D eigenvalue weighted by Gasteiger charge is -2.44. The Balaban J connectivity index is 1.14. The highest BCUT2D eigenvalue weighted by Crippen LogP contribution is 2.54. The minimum absolute atomic E-state index is 0.0307. The van der Waals surface area contributed by atoms with Crippen LogP contribution in [-0.2, 0) is 5.41 Å². The third kappa shape index (κ3) is 4.98. The maximum Gasteiger partial charge on any atom is 0.252 e. The van der Waals surface area contributed by atoms with Gasteiger partial charge in [0.15, 0.2) is 0 Å². The lowest BCUT2D eigenvalue weighted by molar-refractivity contribution is 0.660. The summed E-state index contributed by atoms with van der Waals surface area (Å²) in [6.07, 6.45) is 0. The van der Waals surface area contributed by atoms with Gasteiger partial charge in [-0.05, 0) is 166 Å². The van der Waals surface area contributed by atoms with Crippen LogP contribution in [0.4, 0.5) is 34.1 Å². The van der Waals surface area contributed by atoms with Crippen LogP contribution in [-0.4, -0.2) is 6.71 Å². The number of nitrogens with zero attached hydrogens (tertiary/aromatic N) is 2. The van der Waals surface area contributed by atoms with E-state index in [1.165, 1.54) is 116 Å². The molecule has 11 aromatic carbocycles. The lowest BCUT2D eigenvalue weighted by atomic mass is 9.33. The molecule has 0 N–H and O–H groups in total. The molecule has 0 unspecified atom stereocenters. The molecule has 2 aliphatic heterocycles. The molecule has 3 aliphatic rings. The summed E-state index contributed by atoms with van der Waals surface area (Å²) in [5.41, 5.74) is 18.9. The van der Waals surface area contributed by atoms with E-state index in [1.807, 2.05) is 0 Å². The van der Waals surface area contributed by atoms with Crippen molar-refractivity contribution in [3.8, 4) is 22.3 Å². The fraction of sp³-hybridized carbons (Fsp3) is 0.0492. The molecule has 0 fully saturated rings. The molecule has 0 saturated carbocycles. The average molecular weight is 813 g/mol. The SMILES string of the molecule is CC1(C)c2ccccc2-c2c(-c3cc4c5c(c3)N(c3ccccc3)c3cc6cc7ccccc7cc6cc3B5c3cc5cc6ccccc6cc5cc3N4c3ccccc3)cccc21. The second-order valence-electron chi connectivity index (χ2n) is 18.5. The van der Waals surface area contributed by atoms with E-state index in [2.05, 4.69) is 236 Å². The van der Waals surface area contributed by atoms with Gasteiger partial charge >= 0.3 is 0 Å². The van der Waals surface area contributed by atoms with Gasteiger partial charge in [-0.15, -0.1) is 0 Å². The predicted octanol–water partition coefficient (Wildman–Crippen LogP) is 14.4. The Bertz CT molecular complexity index is 3590. The molecule has 0 amide bonds. The van der Waals surface area contributed by atoms with Crippen LogP contribution in [0.15, 0.2) is 212 Å².